The molecule has 2 aromatic carbocycles. The van der Waals surface area contributed by atoms with E-state index in [2.05, 4.69) is 0 Å². The maximum absolute atomic E-state index is 13.6. The first-order valence-electron chi connectivity index (χ1n) is 14.6. The summed E-state index contributed by atoms with van der Waals surface area (Å²) in [6, 6.07) is 6.96. The first-order valence-corrected chi connectivity index (χ1v) is 14.6. The Morgan fingerprint density at radius 2 is 1.61 bits per heavy atom. The van der Waals surface area contributed by atoms with Crippen molar-refractivity contribution in [1.82, 2.24) is 0 Å². The quantitative estimate of drug-likeness (QED) is 0.416. The Hall–Kier alpha value is -3.33. The predicted octanol–water partition coefficient (Wildman–Crippen LogP) is 1.56. The zero-order chi connectivity index (χ0) is 30.9. The summed E-state index contributed by atoms with van der Waals surface area (Å²) < 4.78 is 52.5. The summed E-state index contributed by atoms with van der Waals surface area (Å²) in [7, 11) is 2.87. The van der Waals surface area contributed by atoms with E-state index in [-0.39, 0.29) is 50.0 Å². The molecule has 0 spiro atoms. The van der Waals surface area contributed by atoms with Gasteiger partial charge in [0.15, 0.2) is 29.3 Å². The van der Waals surface area contributed by atoms with E-state index in [4.69, 9.17) is 42.6 Å². The molecule has 0 aromatic heterocycles. The Morgan fingerprint density at radius 3 is 2.32 bits per heavy atom. The van der Waals surface area contributed by atoms with Gasteiger partial charge in [-0.2, -0.15) is 0 Å². The highest BCUT2D eigenvalue weighted by molar-refractivity contribution is 5.79. The van der Waals surface area contributed by atoms with Gasteiger partial charge in [0.2, 0.25) is 12.5 Å². The van der Waals surface area contributed by atoms with Crippen LogP contribution in [0.3, 0.4) is 0 Å². The third kappa shape index (κ3) is 4.48. The number of fused-ring (bicyclic) bond motifs is 4. The summed E-state index contributed by atoms with van der Waals surface area (Å²) in [5, 5.41) is 32.9. The van der Waals surface area contributed by atoms with Crippen molar-refractivity contribution < 1.29 is 62.7 Å². The number of carbonyl (C=O) groups is 1. The van der Waals surface area contributed by atoms with Gasteiger partial charge in [-0.1, -0.05) is 0 Å². The second-order valence-corrected chi connectivity index (χ2v) is 12.0. The molecule has 4 aliphatic heterocycles. The fourth-order valence-electron chi connectivity index (χ4n) is 7.21. The number of cyclic esters (lactones) is 1. The second-order valence-electron chi connectivity index (χ2n) is 12.0. The molecule has 7 rings (SSSR count). The van der Waals surface area contributed by atoms with Crippen LogP contribution in [0.25, 0.3) is 0 Å². The molecule has 0 saturated carbocycles. The molecule has 4 heterocycles. The summed E-state index contributed by atoms with van der Waals surface area (Å²) in [5.41, 5.74) is 0.714. The van der Waals surface area contributed by atoms with E-state index in [1.807, 2.05) is 26.0 Å². The molecule has 10 atom stereocenters. The van der Waals surface area contributed by atoms with E-state index in [9.17, 15) is 20.1 Å². The van der Waals surface area contributed by atoms with Crippen LogP contribution in [0, 0.1) is 11.8 Å². The molecule has 6 unspecified atom stereocenters. The zero-order valence-corrected chi connectivity index (χ0v) is 24.8. The van der Waals surface area contributed by atoms with Crippen LogP contribution in [0.15, 0.2) is 24.3 Å². The molecule has 13 heteroatoms. The minimum absolute atomic E-state index is 0.0222. The first kappa shape index (κ1) is 29.4. The van der Waals surface area contributed by atoms with Gasteiger partial charge >= 0.3 is 5.97 Å². The Bertz CT molecular complexity index is 1420. The van der Waals surface area contributed by atoms with E-state index >= 15 is 0 Å². The van der Waals surface area contributed by atoms with Gasteiger partial charge in [0.25, 0.3) is 0 Å². The number of methoxy groups -OCH3 is 2. The average molecular weight is 617 g/mol. The molecular formula is C31H36O13. The van der Waals surface area contributed by atoms with Gasteiger partial charge in [-0.15, -0.1) is 0 Å². The molecule has 0 amide bonds. The van der Waals surface area contributed by atoms with Crippen LogP contribution >= 0.6 is 0 Å². The van der Waals surface area contributed by atoms with Gasteiger partial charge in [-0.25, -0.2) is 0 Å². The number of hydrogen-bond acceptors (Lipinski definition) is 13. The number of aliphatic hydroxyl groups is 2. The predicted molar refractivity (Wildman–Crippen MR) is 148 cm³/mol. The number of rotatable bonds is 5. The number of ether oxygens (including phenoxy) is 9. The van der Waals surface area contributed by atoms with E-state index in [0.29, 0.717) is 28.2 Å². The monoisotopic (exact) mass is 616 g/mol. The smallest absolute Gasteiger partial charge is 0.310 e. The van der Waals surface area contributed by atoms with Crippen LogP contribution in [-0.2, 0) is 34.1 Å². The number of carbonyl (C=O) groups excluding carboxylic acids is 1. The number of hydrogen-bond donors (Lipinski definition) is 3. The Labute approximate surface area is 253 Å². The Morgan fingerprint density at radius 1 is 0.909 bits per heavy atom. The number of phenols is 1. The molecule has 5 aliphatic rings. The van der Waals surface area contributed by atoms with Crippen molar-refractivity contribution in [1.29, 1.82) is 0 Å². The van der Waals surface area contributed by atoms with Crippen molar-refractivity contribution in [3.8, 4) is 28.7 Å². The molecule has 0 bridgehead atoms. The molecule has 13 nitrogen and oxygen atoms in total. The van der Waals surface area contributed by atoms with Crippen molar-refractivity contribution in [2.45, 2.75) is 62.2 Å². The molecule has 2 aromatic rings. The van der Waals surface area contributed by atoms with Gasteiger partial charge in [0.05, 0.1) is 46.1 Å². The van der Waals surface area contributed by atoms with Crippen LogP contribution < -0.4 is 18.9 Å². The van der Waals surface area contributed by atoms with Crippen molar-refractivity contribution in [2.75, 3.05) is 40.8 Å². The zero-order valence-electron chi connectivity index (χ0n) is 24.8. The fraction of sp³-hybridized carbons (Fsp3) is 0.581. The molecule has 44 heavy (non-hydrogen) atoms. The lowest BCUT2D eigenvalue weighted by Gasteiger charge is -2.50. The van der Waals surface area contributed by atoms with E-state index in [1.165, 1.54) is 14.2 Å². The molecular weight excluding hydrogens is 580 g/mol. The Balaban J connectivity index is 1.35. The van der Waals surface area contributed by atoms with Crippen molar-refractivity contribution in [3.05, 3.63) is 41.0 Å². The molecule has 0 radical (unpaired) electrons. The third-order valence-corrected chi connectivity index (χ3v) is 9.52. The highest BCUT2D eigenvalue weighted by Gasteiger charge is 2.60. The van der Waals surface area contributed by atoms with Crippen molar-refractivity contribution >= 4 is 5.97 Å². The number of phenolic OH excluding ortho intramolecular Hbond substituents is 1. The number of aliphatic hydroxyl groups excluding tert-OH is 2. The van der Waals surface area contributed by atoms with Crippen LogP contribution in [0.5, 0.6) is 28.7 Å². The van der Waals surface area contributed by atoms with Crippen LogP contribution in [0.1, 0.15) is 36.5 Å². The summed E-state index contributed by atoms with van der Waals surface area (Å²) in [5.74, 6) is -1.16. The van der Waals surface area contributed by atoms with Gasteiger partial charge in [-0.05, 0) is 54.8 Å². The van der Waals surface area contributed by atoms with Crippen LogP contribution in [0.4, 0.5) is 0 Å². The maximum Gasteiger partial charge on any atom is 0.310 e. The first-order chi connectivity index (χ1) is 21.1. The molecule has 238 valence electrons. The largest absolute Gasteiger partial charge is 0.502 e. The standard InChI is InChI=1S/C31H36O13/c1-13-9-39-28-22(11-38-13)43-30(27(34)26(28)33)44-31(2)16-8-19-18(41-12-42-19)7-15(16)23(24-17(31)10-40-29(24)35)14-5-20(36-3)25(32)21(6-14)37-4/h5-8,13,17,22-24,26-28,30,32-34H,9-12H2,1-4H3/t13-,17-,22?,23+,24?,26?,27?,28?,30?,31+/m0/s1. The fourth-order valence-corrected chi connectivity index (χ4v) is 7.21. The maximum atomic E-state index is 13.6. The summed E-state index contributed by atoms with van der Waals surface area (Å²) in [6.07, 6.45) is -5.78. The summed E-state index contributed by atoms with van der Waals surface area (Å²) >= 11 is 0. The third-order valence-electron chi connectivity index (χ3n) is 9.52. The minimum atomic E-state index is -1.46. The van der Waals surface area contributed by atoms with Crippen molar-refractivity contribution in [2.24, 2.45) is 11.8 Å². The number of benzene rings is 2. The average Bonchev–Trinajstić information content (AvgIpc) is 3.59. The molecule has 1 aliphatic carbocycles. The summed E-state index contributed by atoms with van der Waals surface area (Å²) in [4.78, 5) is 13.6. The SMILES string of the molecule is COc1cc([C@@H]2c3cc4c(cc3[C@@](C)(OC3OC5CO[C@@H](C)COC5C(O)C3O)[C@H]3COC(=O)C23)OCO4)cc(OC)c1O. The topological polar surface area (TPSA) is 161 Å². The second kappa shape index (κ2) is 10.9. The number of esters is 1. The molecule has 3 N–H and O–H groups in total. The van der Waals surface area contributed by atoms with Crippen LogP contribution in [-0.4, -0.2) is 98.9 Å². The van der Waals surface area contributed by atoms with Gasteiger partial charge in [0, 0.05) is 11.8 Å². The lowest BCUT2D eigenvalue weighted by molar-refractivity contribution is -0.336. The normalized spacial score (nSPS) is 37.3. The lowest BCUT2D eigenvalue weighted by atomic mass is 9.61. The highest BCUT2D eigenvalue weighted by Crippen LogP contribution is 2.59. The van der Waals surface area contributed by atoms with Gasteiger partial charge in [-0.3, -0.25) is 4.79 Å². The van der Waals surface area contributed by atoms with E-state index in [0.717, 1.165) is 0 Å². The van der Waals surface area contributed by atoms with E-state index < -0.39 is 60.0 Å². The van der Waals surface area contributed by atoms with Crippen molar-refractivity contribution in [3.63, 3.8) is 0 Å². The van der Waals surface area contributed by atoms with E-state index in [1.54, 1.807) is 12.1 Å². The summed E-state index contributed by atoms with van der Waals surface area (Å²) in [6.45, 7) is 4.10. The Kier molecular flexibility index (Phi) is 7.30. The van der Waals surface area contributed by atoms with Gasteiger partial charge in [0.1, 0.15) is 30.0 Å². The van der Waals surface area contributed by atoms with Gasteiger partial charge < -0.3 is 58.0 Å². The molecule has 3 fully saturated rings. The molecule has 3 saturated heterocycles. The highest BCUT2D eigenvalue weighted by atomic mass is 16.7. The minimum Gasteiger partial charge on any atom is -0.502 e. The van der Waals surface area contributed by atoms with Crippen LogP contribution in [0.2, 0.25) is 0 Å². The lowest BCUT2D eigenvalue weighted by Crippen LogP contribution is -2.62. The number of aromatic hydroxyl groups is 1.